The van der Waals surface area contributed by atoms with Crippen molar-refractivity contribution in [2.45, 2.75) is 96.7 Å². The molecule has 8 atom stereocenters. The predicted molar refractivity (Wildman–Crippen MR) is 121 cm³/mol. The lowest BCUT2D eigenvalue weighted by molar-refractivity contribution is -0.104. The molecule has 3 nitrogen and oxygen atoms in total. The molecule has 3 saturated carbocycles. The Morgan fingerprint density at radius 2 is 1.97 bits per heavy atom. The van der Waals surface area contributed by atoms with Crippen LogP contribution in [-0.2, 0) is 6.42 Å². The zero-order chi connectivity index (χ0) is 21.1. The Labute approximate surface area is 182 Å². The molecule has 3 fully saturated rings. The van der Waals surface area contributed by atoms with E-state index < -0.39 is 5.60 Å². The van der Waals surface area contributed by atoms with Crippen LogP contribution in [0.15, 0.2) is 30.1 Å². The van der Waals surface area contributed by atoms with E-state index in [1.54, 1.807) is 5.57 Å². The molecule has 1 aromatic rings. The minimum Gasteiger partial charge on any atom is -0.393 e. The second kappa shape index (κ2) is 7.24. The normalized spacial score (nSPS) is 45.1. The minimum absolute atomic E-state index is 0.124. The van der Waals surface area contributed by atoms with E-state index in [1.165, 1.54) is 37.7 Å². The first-order chi connectivity index (χ1) is 14.2. The molecule has 0 aliphatic heterocycles. The molecule has 0 saturated heterocycles. The second-order valence-electron chi connectivity index (χ2n) is 11.9. The van der Waals surface area contributed by atoms with Crippen molar-refractivity contribution in [1.82, 2.24) is 4.98 Å². The van der Waals surface area contributed by atoms with Gasteiger partial charge >= 0.3 is 0 Å². The molecule has 4 aliphatic carbocycles. The lowest BCUT2D eigenvalue weighted by Crippen LogP contribution is -2.53. The Morgan fingerprint density at radius 3 is 2.73 bits per heavy atom. The molecule has 1 aromatic heterocycles. The van der Waals surface area contributed by atoms with Crippen LogP contribution in [-0.4, -0.2) is 26.9 Å². The Bertz CT molecular complexity index is 796. The van der Waals surface area contributed by atoms with Gasteiger partial charge < -0.3 is 15.2 Å². The molecule has 5 rings (SSSR count). The van der Waals surface area contributed by atoms with Crippen LogP contribution in [0.3, 0.4) is 0 Å². The third-order valence-electron chi connectivity index (χ3n) is 10.4. The fourth-order valence-corrected chi connectivity index (χ4v) is 8.75. The summed E-state index contributed by atoms with van der Waals surface area (Å²) in [7, 11) is 0. The summed E-state index contributed by atoms with van der Waals surface area (Å²) >= 11 is 0. The summed E-state index contributed by atoms with van der Waals surface area (Å²) in [5, 5.41) is 21.9. The number of allylic oxidation sites excluding steroid dienone is 1. The maximum absolute atomic E-state index is 11.6. The maximum Gasteiger partial charge on any atom is 0.0656 e. The SMILES string of the molecule is CC(O)(CCc1cc[nH]c1)[C@H]1CC[C@H]2[C@@H]3CC=C4C[C@@H](O)CC[C@]4(C)[C@H]3CC[C@]12C. The lowest BCUT2D eigenvalue weighted by atomic mass is 9.46. The van der Waals surface area contributed by atoms with E-state index in [1.807, 2.05) is 6.20 Å². The number of nitrogens with one attached hydrogen (secondary N) is 1. The average Bonchev–Trinajstić information content (AvgIpc) is 3.34. The van der Waals surface area contributed by atoms with Gasteiger partial charge in [-0.2, -0.15) is 0 Å². The molecule has 0 aromatic carbocycles. The van der Waals surface area contributed by atoms with Crippen LogP contribution in [0.4, 0.5) is 0 Å². The summed E-state index contributed by atoms with van der Waals surface area (Å²) in [5.74, 6) is 2.67. The molecule has 4 aliphatic rings. The highest BCUT2D eigenvalue weighted by atomic mass is 16.3. The zero-order valence-electron chi connectivity index (χ0n) is 19.2. The summed E-state index contributed by atoms with van der Waals surface area (Å²) < 4.78 is 0. The Balaban J connectivity index is 1.36. The summed E-state index contributed by atoms with van der Waals surface area (Å²) in [6.07, 6.45) is 17.5. The maximum atomic E-state index is 11.6. The number of aryl methyl sites for hydroxylation is 1. The van der Waals surface area contributed by atoms with Crippen molar-refractivity contribution in [2.75, 3.05) is 0 Å². The van der Waals surface area contributed by atoms with Gasteiger partial charge in [0.2, 0.25) is 0 Å². The molecule has 30 heavy (non-hydrogen) atoms. The van der Waals surface area contributed by atoms with Gasteiger partial charge in [-0.25, -0.2) is 0 Å². The molecule has 0 amide bonds. The average molecular weight is 412 g/mol. The molecule has 0 radical (unpaired) electrons. The van der Waals surface area contributed by atoms with Gasteiger partial charge in [0.1, 0.15) is 0 Å². The number of rotatable bonds is 4. The molecule has 3 N–H and O–H groups in total. The third kappa shape index (κ3) is 3.14. The number of aromatic amines is 1. The highest BCUT2D eigenvalue weighted by Crippen LogP contribution is 2.67. The number of aromatic nitrogens is 1. The van der Waals surface area contributed by atoms with E-state index in [0.717, 1.165) is 49.9 Å². The molecule has 0 bridgehead atoms. The van der Waals surface area contributed by atoms with Gasteiger partial charge in [0.05, 0.1) is 11.7 Å². The van der Waals surface area contributed by atoms with Crippen LogP contribution in [0.5, 0.6) is 0 Å². The van der Waals surface area contributed by atoms with Crippen molar-refractivity contribution in [2.24, 2.45) is 34.5 Å². The van der Waals surface area contributed by atoms with Crippen molar-refractivity contribution in [1.29, 1.82) is 0 Å². The Morgan fingerprint density at radius 1 is 1.13 bits per heavy atom. The smallest absolute Gasteiger partial charge is 0.0656 e. The van der Waals surface area contributed by atoms with E-state index in [-0.39, 0.29) is 11.5 Å². The number of aliphatic hydroxyl groups is 2. The van der Waals surface area contributed by atoms with Crippen LogP contribution in [0.1, 0.15) is 84.1 Å². The highest BCUT2D eigenvalue weighted by molar-refractivity contribution is 5.25. The molecular formula is C27H41NO2. The number of fused-ring (bicyclic) bond motifs is 5. The van der Waals surface area contributed by atoms with Crippen molar-refractivity contribution >= 4 is 0 Å². The Hall–Kier alpha value is -1.06. The van der Waals surface area contributed by atoms with Crippen molar-refractivity contribution < 1.29 is 10.2 Å². The first-order valence-corrected chi connectivity index (χ1v) is 12.5. The van der Waals surface area contributed by atoms with E-state index in [0.29, 0.717) is 11.3 Å². The van der Waals surface area contributed by atoms with Crippen LogP contribution in [0, 0.1) is 34.5 Å². The third-order valence-corrected chi connectivity index (χ3v) is 10.4. The molecule has 3 heteroatoms. The van der Waals surface area contributed by atoms with Crippen LogP contribution in [0.2, 0.25) is 0 Å². The largest absolute Gasteiger partial charge is 0.393 e. The predicted octanol–water partition coefficient (Wildman–Crippen LogP) is 5.64. The number of hydrogen-bond acceptors (Lipinski definition) is 2. The van der Waals surface area contributed by atoms with Gasteiger partial charge in [-0.1, -0.05) is 25.5 Å². The summed E-state index contributed by atoms with van der Waals surface area (Å²) in [4.78, 5) is 3.15. The van der Waals surface area contributed by atoms with Gasteiger partial charge in [-0.15, -0.1) is 0 Å². The molecule has 1 heterocycles. The number of hydrogen-bond donors (Lipinski definition) is 3. The van der Waals surface area contributed by atoms with Crippen molar-refractivity contribution in [3.05, 3.63) is 35.7 Å². The van der Waals surface area contributed by atoms with Gasteiger partial charge in [-0.05, 0) is 117 Å². The van der Waals surface area contributed by atoms with E-state index in [4.69, 9.17) is 0 Å². The lowest BCUT2D eigenvalue weighted by Gasteiger charge is -2.59. The molecule has 166 valence electrons. The molecular weight excluding hydrogens is 370 g/mol. The minimum atomic E-state index is -0.595. The van der Waals surface area contributed by atoms with Crippen molar-refractivity contribution in [3.8, 4) is 0 Å². The summed E-state index contributed by atoms with van der Waals surface area (Å²) in [5.41, 5.74) is 2.83. The van der Waals surface area contributed by atoms with E-state index >= 15 is 0 Å². The second-order valence-corrected chi connectivity index (χ2v) is 11.9. The van der Waals surface area contributed by atoms with E-state index in [9.17, 15) is 10.2 Å². The van der Waals surface area contributed by atoms with Gasteiger partial charge in [0.15, 0.2) is 0 Å². The van der Waals surface area contributed by atoms with E-state index in [2.05, 4.69) is 44.1 Å². The van der Waals surface area contributed by atoms with Gasteiger partial charge in [-0.3, -0.25) is 0 Å². The fraction of sp³-hybridized carbons (Fsp3) is 0.778. The first-order valence-electron chi connectivity index (χ1n) is 12.5. The van der Waals surface area contributed by atoms with Crippen LogP contribution in [0.25, 0.3) is 0 Å². The van der Waals surface area contributed by atoms with Crippen LogP contribution >= 0.6 is 0 Å². The quantitative estimate of drug-likeness (QED) is 0.562. The Kier molecular flexibility index (Phi) is 5.02. The molecule has 1 unspecified atom stereocenters. The number of aliphatic hydroxyl groups excluding tert-OH is 1. The van der Waals surface area contributed by atoms with Gasteiger partial charge in [0, 0.05) is 12.4 Å². The first kappa shape index (κ1) is 20.8. The van der Waals surface area contributed by atoms with Gasteiger partial charge in [0.25, 0.3) is 0 Å². The van der Waals surface area contributed by atoms with Crippen molar-refractivity contribution in [3.63, 3.8) is 0 Å². The monoisotopic (exact) mass is 411 g/mol. The topological polar surface area (TPSA) is 56.2 Å². The fourth-order valence-electron chi connectivity index (χ4n) is 8.75. The number of H-pyrrole nitrogens is 1. The standard InChI is InChI=1S/C27H41NO2/c1-25-12-9-20(29)16-19(25)4-5-21-22-6-7-24(26(22,2)13-10-23(21)25)27(3,30)14-8-18-11-15-28-17-18/h4,11,15,17,20-24,28-30H,5-10,12-14,16H2,1-3H3/t20-,21-,22-,23-,24-,25-,26-,27?/m0/s1. The van der Waals surface area contributed by atoms with Crippen LogP contribution < -0.4 is 0 Å². The summed E-state index contributed by atoms with van der Waals surface area (Å²) in [6, 6.07) is 2.13. The zero-order valence-corrected chi connectivity index (χ0v) is 19.2. The summed E-state index contributed by atoms with van der Waals surface area (Å²) in [6.45, 7) is 7.14. The highest BCUT2D eigenvalue weighted by Gasteiger charge is 2.61. The molecule has 0 spiro atoms.